The van der Waals surface area contributed by atoms with Gasteiger partial charge >= 0.3 is 0 Å². The smallest absolute Gasteiger partial charge is 0.141 e. The van der Waals surface area contributed by atoms with Crippen molar-refractivity contribution in [2.45, 2.75) is 19.3 Å². The lowest BCUT2D eigenvalue weighted by Gasteiger charge is -2.12. The van der Waals surface area contributed by atoms with Crippen molar-refractivity contribution in [2.24, 2.45) is 0 Å². The van der Waals surface area contributed by atoms with E-state index in [-0.39, 0.29) is 5.56 Å². The molecule has 0 N–H and O–H groups in total. The molecule has 0 aliphatic rings. The monoisotopic (exact) mass is 391 g/mol. The van der Waals surface area contributed by atoms with E-state index in [0.717, 1.165) is 28.7 Å². The Morgan fingerprint density at radius 3 is 1.83 bits per heavy atom. The van der Waals surface area contributed by atoms with Crippen molar-refractivity contribution in [3.05, 3.63) is 120 Å². The molecule has 0 saturated carbocycles. The fraction of sp³-hybridized carbons (Fsp3) is 0.107. The third-order valence-corrected chi connectivity index (χ3v) is 5.51. The predicted molar refractivity (Wildman–Crippen MR) is 121 cm³/mol. The largest absolute Gasteiger partial charge is 0.206 e. The summed E-state index contributed by atoms with van der Waals surface area (Å²) < 4.78 is 13.9. The average molecular weight is 391 g/mol. The highest BCUT2D eigenvalue weighted by molar-refractivity contribution is 5.71. The Morgan fingerprint density at radius 2 is 1.27 bits per heavy atom. The van der Waals surface area contributed by atoms with Crippen molar-refractivity contribution >= 4 is 0 Å². The summed E-state index contributed by atoms with van der Waals surface area (Å²) in [5.74, 6) is -0.0106. The highest BCUT2D eigenvalue weighted by Gasteiger charge is 2.08. The van der Waals surface area contributed by atoms with Crippen LogP contribution in [0.3, 0.4) is 0 Å². The zero-order valence-electron chi connectivity index (χ0n) is 16.8. The second kappa shape index (κ2) is 8.76. The zero-order valence-corrected chi connectivity index (χ0v) is 16.8. The van der Waals surface area contributed by atoms with Crippen LogP contribution in [-0.4, -0.2) is 0 Å². The van der Waals surface area contributed by atoms with Gasteiger partial charge in [-0.25, -0.2) is 4.39 Å². The lowest BCUT2D eigenvalue weighted by atomic mass is 9.92. The first kappa shape index (κ1) is 19.6. The van der Waals surface area contributed by atoms with Gasteiger partial charge in [0.1, 0.15) is 11.9 Å². The Kier molecular flexibility index (Phi) is 5.72. The average Bonchev–Trinajstić information content (AvgIpc) is 2.80. The van der Waals surface area contributed by atoms with E-state index in [2.05, 4.69) is 55.5 Å². The van der Waals surface area contributed by atoms with Crippen molar-refractivity contribution < 1.29 is 4.39 Å². The second-order valence-electron chi connectivity index (χ2n) is 7.60. The van der Waals surface area contributed by atoms with Crippen LogP contribution in [0.25, 0.3) is 22.3 Å². The van der Waals surface area contributed by atoms with Gasteiger partial charge in [0.05, 0.1) is 5.56 Å². The van der Waals surface area contributed by atoms with Gasteiger partial charge < -0.3 is 0 Å². The Hall–Kier alpha value is -3.70. The molecule has 0 fully saturated rings. The van der Waals surface area contributed by atoms with Gasteiger partial charge in [0.2, 0.25) is 0 Å². The lowest BCUT2D eigenvalue weighted by molar-refractivity contribution is 0.624. The molecule has 0 amide bonds. The van der Waals surface area contributed by atoms with Crippen molar-refractivity contribution in [3.8, 4) is 28.3 Å². The van der Waals surface area contributed by atoms with E-state index < -0.39 is 5.82 Å². The molecular formula is C28H22FN. The molecule has 0 saturated heterocycles. The third kappa shape index (κ3) is 4.31. The fourth-order valence-electron chi connectivity index (χ4n) is 3.73. The maximum Gasteiger partial charge on any atom is 0.141 e. The van der Waals surface area contributed by atoms with Gasteiger partial charge in [0.25, 0.3) is 0 Å². The van der Waals surface area contributed by atoms with Crippen LogP contribution in [0.2, 0.25) is 0 Å². The van der Waals surface area contributed by atoms with Crippen LogP contribution in [0.1, 0.15) is 29.5 Å². The molecule has 4 aromatic carbocycles. The first-order valence-electron chi connectivity index (χ1n) is 10.1. The Balaban J connectivity index is 1.48. The van der Waals surface area contributed by atoms with E-state index in [0.29, 0.717) is 5.92 Å². The Morgan fingerprint density at radius 1 is 0.733 bits per heavy atom. The summed E-state index contributed by atoms with van der Waals surface area (Å²) >= 11 is 0. The number of benzene rings is 4. The van der Waals surface area contributed by atoms with E-state index >= 15 is 0 Å². The van der Waals surface area contributed by atoms with Gasteiger partial charge in [-0.2, -0.15) is 5.26 Å². The fourth-order valence-corrected chi connectivity index (χ4v) is 3.73. The molecule has 0 spiro atoms. The van der Waals surface area contributed by atoms with Crippen molar-refractivity contribution in [3.63, 3.8) is 0 Å². The summed E-state index contributed by atoms with van der Waals surface area (Å²) in [6, 6.07) is 33.9. The number of hydrogen-bond donors (Lipinski definition) is 0. The normalized spacial score (nSPS) is 11.6. The minimum absolute atomic E-state index is 0.0667. The summed E-state index contributed by atoms with van der Waals surface area (Å²) in [6.45, 7) is 2.26. The molecule has 0 aliphatic carbocycles. The Bertz CT molecular complexity index is 1170. The van der Waals surface area contributed by atoms with E-state index in [1.54, 1.807) is 6.07 Å². The topological polar surface area (TPSA) is 23.8 Å². The molecule has 0 aliphatic heterocycles. The van der Waals surface area contributed by atoms with Crippen LogP contribution >= 0.6 is 0 Å². The molecule has 0 radical (unpaired) electrons. The highest BCUT2D eigenvalue weighted by atomic mass is 19.1. The maximum atomic E-state index is 13.9. The molecule has 30 heavy (non-hydrogen) atoms. The van der Waals surface area contributed by atoms with Gasteiger partial charge in [0.15, 0.2) is 0 Å². The first-order valence-corrected chi connectivity index (χ1v) is 10.1. The highest BCUT2D eigenvalue weighted by Crippen LogP contribution is 2.27. The van der Waals surface area contributed by atoms with Crippen LogP contribution < -0.4 is 0 Å². The number of rotatable bonds is 5. The first-order chi connectivity index (χ1) is 14.6. The van der Waals surface area contributed by atoms with Crippen molar-refractivity contribution in [2.75, 3.05) is 0 Å². The molecule has 0 bridgehead atoms. The van der Waals surface area contributed by atoms with Gasteiger partial charge in [-0.3, -0.25) is 0 Å². The summed E-state index contributed by atoms with van der Waals surface area (Å²) in [6.07, 6.45) is 1.01. The van der Waals surface area contributed by atoms with Gasteiger partial charge in [-0.1, -0.05) is 91.9 Å². The minimum Gasteiger partial charge on any atom is -0.206 e. The van der Waals surface area contributed by atoms with Crippen LogP contribution in [0.5, 0.6) is 0 Å². The molecule has 1 atom stereocenters. The van der Waals surface area contributed by atoms with Crippen molar-refractivity contribution in [1.29, 1.82) is 5.26 Å². The number of hydrogen-bond acceptors (Lipinski definition) is 1. The van der Waals surface area contributed by atoms with Crippen LogP contribution in [0.4, 0.5) is 4.39 Å². The molecule has 146 valence electrons. The van der Waals surface area contributed by atoms with E-state index in [9.17, 15) is 4.39 Å². The number of nitrogens with zero attached hydrogens (tertiary/aromatic N) is 1. The molecule has 1 nitrogen and oxygen atoms in total. The number of halogens is 1. The lowest BCUT2D eigenvalue weighted by Crippen LogP contribution is -1.98. The van der Waals surface area contributed by atoms with E-state index in [4.69, 9.17) is 5.26 Å². The molecule has 2 heteroatoms. The summed E-state index contributed by atoms with van der Waals surface area (Å²) in [7, 11) is 0. The molecule has 1 unspecified atom stereocenters. The van der Waals surface area contributed by atoms with Gasteiger partial charge in [0, 0.05) is 0 Å². The van der Waals surface area contributed by atoms with Gasteiger partial charge in [-0.05, 0) is 57.9 Å². The van der Waals surface area contributed by atoms with Crippen LogP contribution in [0, 0.1) is 17.1 Å². The second-order valence-corrected chi connectivity index (χ2v) is 7.60. The summed E-state index contributed by atoms with van der Waals surface area (Å²) in [5.41, 5.74) is 6.71. The van der Waals surface area contributed by atoms with E-state index in [1.165, 1.54) is 23.3 Å². The number of nitriles is 1. The third-order valence-electron chi connectivity index (χ3n) is 5.51. The molecule has 0 heterocycles. The van der Waals surface area contributed by atoms with E-state index in [1.807, 2.05) is 36.4 Å². The van der Waals surface area contributed by atoms with Crippen molar-refractivity contribution in [1.82, 2.24) is 0 Å². The predicted octanol–water partition coefficient (Wildman–Crippen LogP) is 7.38. The zero-order chi connectivity index (χ0) is 20.9. The standard InChI is InChI=1S/C28H22FN/c1-20(22-5-3-2-4-6-22)17-21-7-9-23(10-8-21)24-11-13-25(14-12-24)26-15-16-27(19-30)28(29)18-26/h2-16,18,20H,17H2,1H3. The molecule has 0 aromatic heterocycles. The van der Waals surface area contributed by atoms with Crippen LogP contribution in [0.15, 0.2) is 97.1 Å². The maximum absolute atomic E-state index is 13.9. The SMILES string of the molecule is CC(Cc1ccc(-c2ccc(-c3ccc(C#N)c(F)c3)cc2)cc1)c1ccccc1. The Labute approximate surface area is 177 Å². The summed E-state index contributed by atoms with van der Waals surface area (Å²) in [4.78, 5) is 0. The quantitative estimate of drug-likeness (QED) is 0.348. The summed E-state index contributed by atoms with van der Waals surface area (Å²) in [5, 5.41) is 8.88. The van der Waals surface area contributed by atoms with Crippen LogP contribution in [-0.2, 0) is 6.42 Å². The minimum atomic E-state index is -0.487. The molecule has 4 rings (SSSR count). The molecular weight excluding hydrogens is 369 g/mol. The van der Waals surface area contributed by atoms with Gasteiger partial charge in [-0.15, -0.1) is 0 Å². The molecule has 4 aromatic rings.